The molecule has 0 saturated carbocycles. The zero-order valence-electron chi connectivity index (χ0n) is 12.5. The van der Waals surface area contributed by atoms with Gasteiger partial charge in [0.05, 0.1) is 16.3 Å². The van der Waals surface area contributed by atoms with Crippen molar-refractivity contribution in [2.75, 3.05) is 10.8 Å². The first-order valence-corrected chi connectivity index (χ1v) is 10.2. The molecule has 0 amide bonds. The molecule has 0 aliphatic carbocycles. The summed E-state index contributed by atoms with van der Waals surface area (Å²) >= 11 is 0. The Kier molecular flexibility index (Phi) is 4.10. The van der Waals surface area contributed by atoms with Crippen LogP contribution in [0.3, 0.4) is 0 Å². The molecule has 3 rings (SSSR count). The van der Waals surface area contributed by atoms with Crippen LogP contribution in [0.15, 0.2) is 47.4 Å². The summed E-state index contributed by atoms with van der Waals surface area (Å²) in [6, 6.07) is 9.76. The molecule has 2 aromatic rings. The second-order valence-electron chi connectivity index (χ2n) is 5.51. The Balaban J connectivity index is 1.94. The van der Waals surface area contributed by atoms with Crippen LogP contribution in [0, 0.1) is 5.82 Å². The lowest BCUT2D eigenvalue weighted by molar-refractivity contribution is 0.584. The number of sulfonamides is 2. The SMILES string of the molecule is NS(=O)(=O)c1ccc2c(c1)CCN2S(=O)(=O)Cc1ccccc1F. The van der Waals surface area contributed by atoms with Crippen molar-refractivity contribution in [3.05, 3.63) is 59.4 Å². The van der Waals surface area contributed by atoms with Gasteiger partial charge in [0.1, 0.15) is 5.82 Å². The topological polar surface area (TPSA) is 97.5 Å². The molecule has 0 unspecified atom stereocenters. The fourth-order valence-electron chi connectivity index (χ4n) is 2.70. The Bertz CT molecular complexity index is 1000. The number of rotatable bonds is 4. The molecule has 2 aromatic carbocycles. The van der Waals surface area contributed by atoms with Gasteiger partial charge in [-0.25, -0.2) is 26.4 Å². The third-order valence-electron chi connectivity index (χ3n) is 3.86. The van der Waals surface area contributed by atoms with E-state index < -0.39 is 31.6 Å². The lowest BCUT2D eigenvalue weighted by Gasteiger charge is -2.20. The quantitative estimate of drug-likeness (QED) is 0.879. The number of halogens is 1. The van der Waals surface area contributed by atoms with Gasteiger partial charge in [-0.1, -0.05) is 18.2 Å². The van der Waals surface area contributed by atoms with Crippen LogP contribution in [0.25, 0.3) is 0 Å². The van der Waals surface area contributed by atoms with Gasteiger partial charge in [0.25, 0.3) is 0 Å². The third-order valence-corrected chi connectivity index (χ3v) is 6.50. The summed E-state index contributed by atoms with van der Waals surface area (Å²) in [4.78, 5) is -0.0606. The second kappa shape index (κ2) is 5.83. The van der Waals surface area contributed by atoms with Crippen molar-refractivity contribution in [2.45, 2.75) is 17.1 Å². The average molecular weight is 370 g/mol. The van der Waals surface area contributed by atoms with E-state index >= 15 is 0 Å². The molecule has 0 bridgehead atoms. The van der Waals surface area contributed by atoms with Crippen molar-refractivity contribution >= 4 is 25.7 Å². The van der Waals surface area contributed by atoms with Crippen LogP contribution in [0.4, 0.5) is 10.1 Å². The molecule has 0 aromatic heterocycles. The van der Waals surface area contributed by atoms with E-state index in [9.17, 15) is 21.2 Å². The van der Waals surface area contributed by atoms with Gasteiger partial charge in [0, 0.05) is 12.1 Å². The molecule has 0 fully saturated rings. The van der Waals surface area contributed by atoms with Crippen LogP contribution < -0.4 is 9.44 Å². The fraction of sp³-hybridized carbons (Fsp3) is 0.200. The number of hydrogen-bond donors (Lipinski definition) is 1. The van der Waals surface area contributed by atoms with E-state index in [4.69, 9.17) is 5.14 Å². The van der Waals surface area contributed by atoms with Crippen LogP contribution in [0.5, 0.6) is 0 Å². The third kappa shape index (κ3) is 3.14. The van der Waals surface area contributed by atoms with Gasteiger partial charge < -0.3 is 0 Å². The van der Waals surface area contributed by atoms with Crippen molar-refractivity contribution in [1.82, 2.24) is 0 Å². The Morgan fingerprint density at radius 3 is 2.46 bits per heavy atom. The van der Waals surface area contributed by atoms with Crippen LogP contribution in [0.2, 0.25) is 0 Å². The van der Waals surface area contributed by atoms with Crippen LogP contribution in [-0.4, -0.2) is 23.4 Å². The van der Waals surface area contributed by atoms with Crippen molar-refractivity contribution < 1.29 is 21.2 Å². The highest BCUT2D eigenvalue weighted by atomic mass is 32.2. The summed E-state index contributed by atoms with van der Waals surface area (Å²) in [5, 5.41) is 5.09. The zero-order chi connectivity index (χ0) is 17.5. The molecule has 0 spiro atoms. The monoisotopic (exact) mass is 370 g/mol. The molecule has 0 atom stereocenters. The highest BCUT2D eigenvalue weighted by molar-refractivity contribution is 7.92. The van der Waals surface area contributed by atoms with Crippen molar-refractivity contribution in [3.8, 4) is 0 Å². The largest absolute Gasteiger partial charge is 0.269 e. The number of primary sulfonamides is 1. The molecule has 2 N–H and O–H groups in total. The van der Waals surface area contributed by atoms with Gasteiger partial charge in [-0.3, -0.25) is 4.31 Å². The summed E-state index contributed by atoms with van der Waals surface area (Å²) in [7, 11) is -7.63. The Morgan fingerprint density at radius 2 is 1.79 bits per heavy atom. The van der Waals surface area contributed by atoms with E-state index in [1.165, 1.54) is 40.7 Å². The van der Waals surface area contributed by atoms with Crippen LogP contribution >= 0.6 is 0 Å². The molecule has 0 radical (unpaired) electrons. The number of fused-ring (bicyclic) bond motifs is 1. The number of hydrogen-bond acceptors (Lipinski definition) is 4. The smallest absolute Gasteiger partial charge is 0.239 e. The number of benzene rings is 2. The van der Waals surface area contributed by atoms with E-state index in [1.54, 1.807) is 6.07 Å². The van der Waals surface area contributed by atoms with Gasteiger partial charge >= 0.3 is 0 Å². The number of nitrogens with zero attached hydrogens (tertiary/aromatic N) is 1. The molecule has 128 valence electrons. The molecular formula is C15H15FN2O4S2. The lowest BCUT2D eigenvalue weighted by Crippen LogP contribution is -2.30. The highest BCUT2D eigenvalue weighted by Crippen LogP contribution is 2.33. The van der Waals surface area contributed by atoms with E-state index in [1.807, 2.05) is 0 Å². The molecule has 1 heterocycles. The minimum Gasteiger partial charge on any atom is -0.269 e. The molecule has 9 heteroatoms. The lowest BCUT2D eigenvalue weighted by atomic mass is 10.2. The first-order valence-electron chi connectivity index (χ1n) is 7.08. The average Bonchev–Trinajstić information content (AvgIpc) is 2.92. The predicted molar refractivity (Wildman–Crippen MR) is 87.9 cm³/mol. The summed E-state index contributed by atoms with van der Waals surface area (Å²) in [5.41, 5.74) is 1.07. The summed E-state index contributed by atoms with van der Waals surface area (Å²) < 4.78 is 62.9. The van der Waals surface area contributed by atoms with E-state index in [0.29, 0.717) is 17.7 Å². The highest BCUT2D eigenvalue weighted by Gasteiger charge is 2.30. The van der Waals surface area contributed by atoms with Gasteiger partial charge in [0.2, 0.25) is 20.0 Å². The minimum absolute atomic E-state index is 0.0606. The maximum atomic E-state index is 13.7. The maximum absolute atomic E-state index is 13.7. The predicted octanol–water partition coefficient (Wildman–Crippen LogP) is 1.37. The Hall–Kier alpha value is -1.97. The second-order valence-corrected chi connectivity index (χ2v) is 8.96. The van der Waals surface area contributed by atoms with E-state index in [2.05, 4.69) is 0 Å². The first-order chi connectivity index (χ1) is 11.2. The normalized spacial score (nSPS) is 14.7. The van der Waals surface area contributed by atoms with Crippen molar-refractivity contribution in [2.24, 2.45) is 5.14 Å². The van der Waals surface area contributed by atoms with Crippen molar-refractivity contribution in [3.63, 3.8) is 0 Å². The van der Waals surface area contributed by atoms with Crippen LogP contribution in [0.1, 0.15) is 11.1 Å². The number of nitrogens with two attached hydrogens (primary N) is 1. The fourth-order valence-corrected chi connectivity index (χ4v) is 4.90. The number of anilines is 1. The summed E-state index contributed by atoms with van der Waals surface area (Å²) in [6.45, 7) is 0.181. The molecule has 24 heavy (non-hydrogen) atoms. The van der Waals surface area contributed by atoms with E-state index in [0.717, 1.165) is 0 Å². The Labute approximate surface area is 139 Å². The van der Waals surface area contributed by atoms with Gasteiger partial charge in [-0.2, -0.15) is 0 Å². The first kappa shape index (κ1) is 16.9. The Morgan fingerprint density at radius 1 is 1.08 bits per heavy atom. The van der Waals surface area contributed by atoms with Gasteiger partial charge in [-0.15, -0.1) is 0 Å². The van der Waals surface area contributed by atoms with Crippen LogP contribution in [-0.2, 0) is 32.2 Å². The molecule has 1 aliphatic heterocycles. The summed E-state index contributed by atoms with van der Waals surface area (Å²) in [5.74, 6) is -1.04. The van der Waals surface area contributed by atoms with E-state index in [-0.39, 0.29) is 17.0 Å². The zero-order valence-corrected chi connectivity index (χ0v) is 14.1. The van der Waals surface area contributed by atoms with Crippen molar-refractivity contribution in [1.29, 1.82) is 0 Å². The van der Waals surface area contributed by atoms with Gasteiger partial charge in [-0.05, 0) is 36.2 Å². The molecule has 6 nitrogen and oxygen atoms in total. The van der Waals surface area contributed by atoms with Gasteiger partial charge in [0.15, 0.2) is 0 Å². The molecule has 0 saturated heterocycles. The maximum Gasteiger partial charge on any atom is 0.239 e. The molecular weight excluding hydrogens is 355 g/mol. The summed E-state index contributed by atoms with van der Waals surface area (Å²) in [6.07, 6.45) is 0.370. The minimum atomic E-state index is -3.85. The standard InChI is InChI=1S/C15H15FN2O4S2/c16-14-4-2-1-3-12(14)10-23(19,20)18-8-7-11-9-13(24(17,21)22)5-6-15(11)18/h1-6,9H,7-8,10H2,(H2,17,21,22). The molecule has 1 aliphatic rings.